The molecule has 18 heavy (non-hydrogen) atoms. The molecule has 1 aromatic heterocycles. The number of nitrogens with zero attached hydrogens (tertiary/aromatic N) is 1. The van der Waals surface area contributed by atoms with Gasteiger partial charge in [-0.05, 0) is 25.5 Å². The lowest BCUT2D eigenvalue weighted by Crippen LogP contribution is -2.52. The van der Waals surface area contributed by atoms with Gasteiger partial charge in [0, 0.05) is 19.3 Å². The summed E-state index contributed by atoms with van der Waals surface area (Å²) in [6, 6.07) is 1.34. The first-order valence-corrected chi connectivity index (χ1v) is 5.94. The molecule has 1 unspecified atom stereocenters. The van der Waals surface area contributed by atoms with Crippen LogP contribution in [0.4, 0.5) is 0 Å². The molecule has 0 aliphatic carbocycles. The van der Waals surface area contributed by atoms with Gasteiger partial charge in [-0.1, -0.05) is 0 Å². The van der Waals surface area contributed by atoms with Crippen LogP contribution in [0.5, 0.6) is 5.75 Å². The maximum absolute atomic E-state index is 11.8. The molecule has 2 rings (SSSR count). The van der Waals surface area contributed by atoms with Crippen LogP contribution in [0.25, 0.3) is 0 Å². The molecule has 2 heterocycles. The van der Waals surface area contributed by atoms with Crippen LogP contribution in [0.1, 0.15) is 23.2 Å². The highest BCUT2D eigenvalue weighted by atomic mass is 16.3. The predicted octanol–water partition coefficient (Wildman–Crippen LogP) is -0.369. The maximum atomic E-state index is 11.8. The van der Waals surface area contributed by atoms with Gasteiger partial charge in [0.2, 0.25) is 0 Å². The first-order chi connectivity index (χ1) is 8.59. The number of aromatic nitrogens is 1. The first kappa shape index (κ1) is 12.8. The van der Waals surface area contributed by atoms with Crippen LogP contribution in [-0.4, -0.2) is 46.3 Å². The zero-order valence-electron chi connectivity index (χ0n) is 10.0. The maximum Gasteiger partial charge on any atom is 0.253 e. The Morgan fingerprint density at radius 3 is 3.06 bits per heavy atom. The molecule has 6 heteroatoms. The average Bonchev–Trinajstić information content (AvgIpc) is 2.37. The van der Waals surface area contributed by atoms with E-state index in [0.29, 0.717) is 13.0 Å². The zero-order chi connectivity index (χ0) is 13.0. The van der Waals surface area contributed by atoms with Crippen molar-refractivity contribution in [3.05, 3.63) is 24.0 Å². The Hall–Kier alpha value is -1.66. The van der Waals surface area contributed by atoms with Gasteiger partial charge < -0.3 is 20.8 Å². The van der Waals surface area contributed by atoms with Crippen molar-refractivity contribution in [2.45, 2.75) is 18.4 Å². The minimum atomic E-state index is -0.891. The van der Waals surface area contributed by atoms with Crippen molar-refractivity contribution in [1.82, 2.24) is 15.6 Å². The Bertz CT molecular complexity index is 430. The third kappa shape index (κ3) is 3.18. The number of aliphatic hydroxyl groups is 1. The van der Waals surface area contributed by atoms with Crippen molar-refractivity contribution in [1.29, 1.82) is 0 Å². The summed E-state index contributed by atoms with van der Waals surface area (Å²) in [5, 5.41) is 25.2. The molecule has 1 fully saturated rings. The van der Waals surface area contributed by atoms with Gasteiger partial charge in [-0.25, -0.2) is 0 Å². The average molecular weight is 251 g/mol. The highest BCUT2D eigenvalue weighted by molar-refractivity contribution is 5.94. The molecule has 98 valence electrons. The molecule has 1 amide bonds. The highest BCUT2D eigenvalue weighted by Crippen LogP contribution is 2.15. The van der Waals surface area contributed by atoms with Crippen LogP contribution in [0, 0.1) is 0 Å². The molecule has 1 atom stereocenters. The molecule has 0 saturated carbocycles. The fraction of sp³-hybridized carbons (Fsp3) is 0.500. The Labute approximate surface area is 105 Å². The number of carbonyl (C=O) groups is 1. The number of β-amino-alcohol motifs (C(OH)–C–C–N with tert-alkyl or cyclic N) is 1. The van der Waals surface area contributed by atoms with E-state index in [-0.39, 0.29) is 23.8 Å². The van der Waals surface area contributed by atoms with Gasteiger partial charge in [0.1, 0.15) is 5.75 Å². The Morgan fingerprint density at radius 2 is 2.39 bits per heavy atom. The van der Waals surface area contributed by atoms with Crippen molar-refractivity contribution in [2.75, 3.05) is 19.6 Å². The second-order valence-corrected chi connectivity index (χ2v) is 4.62. The van der Waals surface area contributed by atoms with Crippen LogP contribution in [0.2, 0.25) is 0 Å². The van der Waals surface area contributed by atoms with Crippen LogP contribution in [0.3, 0.4) is 0 Å². The number of hydrogen-bond acceptors (Lipinski definition) is 5. The van der Waals surface area contributed by atoms with Gasteiger partial charge in [-0.3, -0.25) is 9.78 Å². The van der Waals surface area contributed by atoms with E-state index >= 15 is 0 Å². The number of amides is 1. The molecule has 1 aliphatic rings. The molecular formula is C12H17N3O3. The third-order valence-electron chi connectivity index (χ3n) is 3.01. The lowest BCUT2D eigenvalue weighted by atomic mass is 9.94. The summed E-state index contributed by atoms with van der Waals surface area (Å²) < 4.78 is 0. The molecule has 0 spiro atoms. The van der Waals surface area contributed by atoms with Gasteiger partial charge in [0.15, 0.2) is 0 Å². The van der Waals surface area contributed by atoms with Crippen molar-refractivity contribution < 1.29 is 15.0 Å². The third-order valence-corrected chi connectivity index (χ3v) is 3.01. The fourth-order valence-corrected chi connectivity index (χ4v) is 2.00. The van der Waals surface area contributed by atoms with Crippen LogP contribution < -0.4 is 10.6 Å². The van der Waals surface area contributed by atoms with Crippen molar-refractivity contribution in [3.8, 4) is 5.75 Å². The summed E-state index contributed by atoms with van der Waals surface area (Å²) in [5.41, 5.74) is -0.611. The van der Waals surface area contributed by atoms with E-state index < -0.39 is 5.60 Å². The predicted molar refractivity (Wildman–Crippen MR) is 65.3 cm³/mol. The number of rotatable bonds is 3. The Kier molecular flexibility index (Phi) is 3.78. The summed E-state index contributed by atoms with van der Waals surface area (Å²) in [4.78, 5) is 15.5. The molecule has 6 nitrogen and oxygen atoms in total. The summed E-state index contributed by atoms with van der Waals surface area (Å²) in [7, 11) is 0. The highest BCUT2D eigenvalue weighted by Gasteiger charge is 2.29. The molecular weight excluding hydrogens is 234 g/mol. The van der Waals surface area contributed by atoms with Gasteiger partial charge in [0.05, 0.1) is 17.4 Å². The van der Waals surface area contributed by atoms with E-state index in [4.69, 9.17) is 0 Å². The van der Waals surface area contributed by atoms with Crippen LogP contribution >= 0.6 is 0 Å². The monoisotopic (exact) mass is 251 g/mol. The smallest absolute Gasteiger partial charge is 0.253 e. The van der Waals surface area contributed by atoms with Gasteiger partial charge in [-0.15, -0.1) is 0 Å². The lowest BCUT2D eigenvalue weighted by molar-refractivity contribution is 0.0170. The van der Waals surface area contributed by atoms with Gasteiger partial charge in [-0.2, -0.15) is 0 Å². The van der Waals surface area contributed by atoms with Crippen molar-refractivity contribution in [3.63, 3.8) is 0 Å². The number of aromatic hydroxyl groups is 1. The van der Waals surface area contributed by atoms with Crippen LogP contribution in [-0.2, 0) is 0 Å². The summed E-state index contributed by atoms with van der Waals surface area (Å²) in [6.07, 6.45) is 4.19. The number of hydrogen-bond donors (Lipinski definition) is 4. The molecule has 0 radical (unpaired) electrons. The quantitative estimate of drug-likeness (QED) is 0.588. The second kappa shape index (κ2) is 5.32. The molecule has 1 aliphatic heterocycles. The minimum Gasteiger partial charge on any atom is -0.506 e. The summed E-state index contributed by atoms with van der Waals surface area (Å²) in [5.74, 6) is -0.405. The van der Waals surface area contributed by atoms with E-state index in [2.05, 4.69) is 15.6 Å². The van der Waals surface area contributed by atoms with Gasteiger partial charge >= 0.3 is 0 Å². The lowest BCUT2D eigenvalue weighted by Gasteiger charge is -2.32. The Balaban J connectivity index is 1.92. The molecule has 1 saturated heterocycles. The summed E-state index contributed by atoms with van der Waals surface area (Å²) >= 11 is 0. The largest absolute Gasteiger partial charge is 0.506 e. The molecule has 0 aromatic carbocycles. The van der Waals surface area contributed by atoms with E-state index in [9.17, 15) is 15.0 Å². The number of carbonyl (C=O) groups excluding carboxylic acids is 1. The standard InChI is InChI=1S/C12H17N3O3/c16-10-4-9(5-14-6-10)11(17)15-8-12(18)2-1-3-13-7-12/h4-6,13,16,18H,1-3,7-8H2,(H,15,17). The minimum absolute atomic E-state index is 0.0549. The zero-order valence-corrected chi connectivity index (χ0v) is 10.0. The van der Waals surface area contributed by atoms with E-state index in [1.54, 1.807) is 0 Å². The first-order valence-electron chi connectivity index (χ1n) is 5.94. The SMILES string of the molecule is O=C(NCC1(O)CCCNC1)c1cncc(O)c1. The van der Waals surface area contributed by atoms with Crippen LogP contribution in [0.15, 0.2) is 18.5 Å². The van der Waals surface area contributed by atoms with Crippen molar-refractivity contribution >= 4 is 5.91 Å². The number of nitrogens with one attached hydrogen (secondary N) is 2. The molecule has 4 N–H and O–H groups in total. The number of pyridine rings is 1. The van der Waals surface area contributed by atoms with E-state index in [1.165, 1.54) is 18.5 Å². The Morgan fingerprint density at radius 1 is 1.56 bits per heavy atom. The second-order valence-electron chi connectivity index (χ2n) is 4.62. The summed E-state index contributed by atoms with van der Waals surface area (Å²) in [6.45, 7) is 1.56. The van der Waals surface area contributed by atoms with Gasteiger partial charge in [0.25, 0.3) is 5.91 Å². The van der Waals surface area contributed by atoms with E-state index in [0.717, 1.165) is 13.0 Å². The molecule has 0 bridgehead atoms. The van der Waals surface area contributed by atoms with Crippen molar-refractivity contribution in [2.24, 2.45) is 0 Å². The topological polar surface area (TPSA) is 94.5 Å². The van der Waals surface area contributed by atoms with E-state index in [1.807, 2.05) is 0 Å². The molecule has 1 aromatic rings. The number of piperidine rings is 1. The fourth-order valence-electron chi connectivity index (χ4n) is 2.00. The normalized spacial score (nSPS) is 23.6.